The van der Waals surface area contributed by atoms with Gasteiger partial charge in [-0.2, -0.15) is 10.2 Å². The molecule has 0 aliphatic carbocycles. The van der Waals surface area contributed by atoms with E-state index in [2.05, 4.69) is 15.5 Å². The Labute approximate surface area is 111 Å². The molecule has 1 amide bonds. The smallest absolute Gasteiger partial charge is 0.278 e. The van der Waals surface area contributed by atoms with E-state index in [1.807, 2.05) is 20.8 Å². The van der Waals surface area contributed by atoms with E-state index in [1.54, 1.807) is 21.8 Å². The highest BCUT2D eigenvalue weighted by molar-refractivity contribution is 6.06. The Balaban J connectivity index is 2.20. The minimum atomic E-state index is -0.316. The van der Waals surface area contributed by atoms with Gasteiger partial charge in [-0.05, 0) is 20.8 Å². The van der Waals surface area contributed by atoms with Crippen molar-refractivity contribution < 1.29 is 4.79 Å². The third-order valence-corrected chi connectivity index (χ3v) is 2.85. The second-order valence-corrected chi connectivity index (χ2v) is 4.23. The monoisotopic (exact) mass is 262 g/mol. The second-order valence-electron chi connectivity index (χ2n) is 4.23. The number of carbonyl (C=O) groups is 1. The molecular formula is C12H18N6O. The van der Waals surface area contributed by atoms with Crippen LogP contribution in [0.1, 0.15) is 30.0 Å². The summed E-state index contributed by atoms with van der Waals surface area (Å²) < 4.78 is 3.39. The fourth-order valence-electron chi connectivity index (χ4n) is 1.76. The second kappa shape index (κ2) is 5.13. The number of aromatic nitrogens is 4. The molecule has 2 aromatic heterocycles. The standard InChI is InChI=1S/C12H18N6O/c1-4-17-6-9(13)11(16-17)12(19)14-10-7-18(5-2)15-8(10)3/h6-7H,4-5,13H2,1-3H3,(H,14,19). The Morgan fingerprint density at radius 2 is 1.89 bits per heavy atom. The van der Waals surface area contributed by atoms with Crippen LogP contribution in [0.5, 0.6) is 0 Å². The summed E-state index contributed by atoms with van der Waals surface area (Å²) in [5, 5.41) is 11.2. The van der Waals surface area contributed by atoms with E-state index >= 15 is 0 Å². The Morgan fingerprint density at radius 3 is 2.42 bits per heavy atom. The van der Waals surface area contributed by atoms with E-state index in [0.29, 0.717) is 17.9 Å². The van der Waals surface area contributed by atoms with Crippen LogP contribution in [0.15, 0.2) is 12.4 Å². The van der Waals surface area contributed by atoms with Gasteiger partial charge in [-0.15, -0.1) is 0 Å². The largest absolute Gasteiger partial charge is 0.396 e. The zero-order valence-electron chi connectivity index (χ0n) is 11.3. The molecule has 2 aromatic rings. The lowest BCUT2D eigenvalue weighted by Gasteiger charge is -2.01. The molecule has 2 heterocycles. The van der Waals surface area contributed by atoms with Crippen LogP contribution in [-0.4, -0.2) is 25.5 Å². The van der Waals surface area contributed by atoms with Crippen molar-refractivity contribution in [1.29, 1.82) is 0 Å². The van der Waals surface area contributed by atoms with Crippen molar-refractivity contribution in [3.63, 3.8) is 0 Å². The van der Waals surface area contributed by atoms with Gasteiger partial charge in [0.25, 0.3) is 5.91 Å². The first kappa shape index (κ1) is 13.1. The van der Waals surface area contributed by atoms with Gasteiger partial charge in [0.05, 0.1) is 17.1 Å². The number of nitrogens with one attached hydrogen (secondary N) is 1. The van der Waals surface area contributed by atoms with Crippen molar-refractivity contribution in [2.24, 2.45) is 0 Å². The van der Waals surface area contributed by atoms with Gasteiger partial charge in [0.1, 0.15) is 0 Å². The minimum Gasteiger partial charge on any atom is -0.396 e. The molecule has 0 aliphatic heterocycles. The molecule has 0 unspecified atom stereocenters. The Hall–Kier alpha value is -2.31. The number of hydrogen-bond acceptors (Lipinski definition) is 4. The fraction of sp³-hybridized carbons (Fsp3) is 0.417. The van der Waals surface area contributed by atoms with Gasteiger partial charge in [0.2, 0.25) is 0 Å². The molecule has 0 saturated heterocycles. The van der Waals surface area contributed by atoms with Crippen LogP contribution in [0, 0.1) is 6.92 Å². The number of anilines is 2. The van der Waals surface area contributed by atoms with E-state index in [1.165, 1.54) is 0 Å². The maximum absolute atomic E-state index is 12.1. The Bertz CT molecular complexity index is 597. The first-order valence-corrected chi connectivity index (χ1v) is 6.23. The molecule has 7 nitrogen and oxygen atoms in total. The molecule has 3 N–H and O–H groups in total. The quantitative estimate of drug-likeness (QED) is 0.867. The van der Waals surface area contributed by atoms with Crippen molar-refractivity contribution in [2.75, 3.05) is 11.1 Å². The lowest BCUT2D eigenvalue weighted by Crippen LogP contribution is -2.15. The molecule has 0 bridgehead atoms. The van der Waals surface area contributed by atoms with Crippen molar-refractivity contribution >= 4 is 17.3 Å². The molecular weight excluding hydrogens is 244 g/mol. The lowest BCUT2D eigenvalue weighted by atomic mass is 10.3. The summed E-state index contributed by atoms with van der Waals surface area (Å²) in [5.74, 6) is -0.316. The molecule has 19 heavy (non-hydrogen) atoms. The van der Waals surface area contributed by atoms with Gasteiger partial charge >= 0.3 is 0 Å². The van der Waals surface area contributed by atoms with Gasteiger partial charge in [-0.25, -0.2) is 0 Å². The summed E-state index contributed by atoms with van der Waals surface area (Å²) in [6.07, 6.45) is 3.44. The normalized spacial score (nSPS) is 10.7. The summed E-state index contributed by atoms with van der Waals surface area (Å²) >= 11 is 0. The predicted octanol–water partition coefficient (Wildman–Crippen LogP) is 1.26. The van der Waals surface area contributed by atoms with E-state index in [4.69, 9.17) is 5.73 Å². The van der Waals surface area contributed by atoms with Crippen LogP contribution < -0.4 is 11.1 Å². The number of nitrogen functional groups attached to an aromatic ring is 1. The van der Waals surface area contributed by atoms with E-state index in [9.17, 15) is 4.79 Å². The number of carbonyl (C=O) groups excluding carboxylic acids is 1. The van der Waals surface area contributed by atoms with Crippen LogP contribution in [0.3, 0.4) is 0 Å². The lowest BCUT2D eigenvalue weighted by molar-refractivity contribution is 0.102. The third-order valence-electron chi connectivity index (χ3n) is 2.85. The van der Waals surface area contributed by atoms with Crippen molar-refractivity contribution in [2.45, 2.75) is 33.9 Å². The van der Waals surface area contributed by atoms with E-state index < -0.39 is 0 Å². The Morgan fingerprint density at radius 1 is 1.26 bits per heavy atom. The maximum atomic E-state index is 12.1. The van der Waals surface area contributed by atoms with Gasteiger partial charge in [0, 0.05) is 25.5 Å². The van der Waals surface area contributed by atoms with Crippen LogP contribution in [0.25, 0.3) is 0 Å². The minimum absolute atomic E-state index is 0.241. The van der Waals surface area contributed by atoms with Gasteiger partial charge in [-0.3, -0.25) is 14.2 Å². The van der Waals surface area contributed by atoms with Crippen LogP contribution in [0.2, 0.25) is 0 Å². The average molecular weight is 262 g/mol. The summed E-state index contributed by atoms with van der Waals surface area (Å²) in [7, 11) is 0. The van der Waals surface area contributed by atoms with Gasteiger partial charge < -0.3 is 11.1 Å². The first-order valence-electron chi connectivity index (χ1n) is 6.23. The highest BCUT2D eigenvalue weighted by Crippen LogP contribution is 2.16. The number of aryl methyl sites for hydroxylation is 3. The fourth-order valence-corrected chi connectivity index (χ4v) is 1.76. The highest BCUT2D eigenvalue weighted by atomic mass is 16.2. The number of nitrogens with two attached hydrogens (primary N) is 1. The van der Waals surface area contributed by atoms with Crippen molar-refractivity contribution in [3.8, 4) is 0 Å². The molecule has 0 fully saturated rings. The van der Waals surface area contributed by atoms with Crippen LogP contribution >= 0.6 is 0 Å². The van der Waals surface area contributed by atoms with Gasteiger partial charge in [-0.1, -0.05) is 0 Å². The van der Waals surface area contributed by atoms with Crippen molar-refractivity contribution in [3.05, 3.63) is 23.8 Å². The summed E-state index contributed by atoms with van der Waals surface area (Å²) in [6.45, 7) is 7.19. The van der Waals surface area contributed by atoms with Crippen LogP contribution in [0.4, 0.5) is 11.4 Å². The number of rotatable bonds is 4. The number of hydrogen-bond donors (Lipinski definition) is 2. The molecule has 0 aromatic carbocycles. The van der Waals surface area contributed by atoms with Crippen molar-refractivity contribution in [1.82, 2.24) is 19.6 Å². The predicted molar refractivity (Wildman–Crippen MR) is 72.9 cm³/mol. The molecule has 0 aliphatic rings. The molecule has 0 radical (unpaired) electrons. The maximum Gasteiger partial charge on any atom is 0.278 e. The van der Waals surface area contributed by atoms with E-state index in [-0.39, 0.29) is 11.6 Å². The number of nitrogens with zero attached hydrogens (tertiary/aromatic N) is 4. The summed E-state index contributed by atoms with van der Waals surface area (Å²) in [5.41, 5.74) is 7.84. The zero-order chi connectivity index (χ0) is 14.0. The molecule has 2 rings (SSSR count). The Kier molecular flexibility index (Phi) is 3.55. The zero-order valence-corrected chi connectivity index (χ0v) is 11.3. The molecule has 7 heteroatoms. The average Bonchev–Trinajstić information content (AvgIpc) is 2.93. The van der Waals surface area contributed by atoms with Gasteiger partial charge in [0.15, 0.2) is 5.69 Å². The summed E-state index contributed by atoms with van der Waals surface area (Å²) in [4.78, 5) is 12.1. The molecule has 102 valence electrons. The first-order chi connectivity index (χ1) is 9.05. The molecule has 0 atom stereocenters. The van der Waals surface area contributed by atoms with E-state index in [0.717, 1.165) is 12.2 Å². The SMILES string of the molecule is CCn1cc(NC(=O)c2nn(CC)cc2N)c(C)n1. The highest BCUT2D eigenvalue weighted by Gasteiger charge is 2.16. The topological polar surface area (TPSA) is 90.8 Å². The number of amides is 1. The molecule has 0 spiro atoms. The third kappa shape index (κ3) is 2.59. The molecule has 0 saturated carbocycles. The summed E-state index contributed by atoms with van der Waals surface area (Å²) in [6, 6.07) is 0. The van der Waals surface area contributed by atoms with Crippen LogP contribution in [-0.2, 0) is 13.1 Å².